The number of amides is 4. The van der Waals surface area contributed by atoms with Crippen LogP contribution in [-0.4, -0.2) is 41.9 Å². The van der Waals surface area contributed by atoms with Crippen LogP contribution >= 0.6 is 0 Å². The highest BCUT2D eigenvalue weighted by Gasteiger charge is 2.47. The second kappa shape index (κ2) is 10.3. The number of hydrogen-bond acceptors (Lipinski definition) is 4. The van der Waals surface area contributed by atoms with E-state index in [0.29, 0.717) is 12.8 Å². The summed E-state index contributed by atoms with van der Waals surface area (Å²) in [7, 11) is 1.61. The predicted octanol–water partition coefficient (Wildman–Crippen LogP) is 4.82. The maximum atomic E-state index is 13.1. The number of hydrogen-bond donors (Lipinski definition) is 2. The molecule has 0 aliphatic carbocycles. The number of para-hydroxylation sites is 1. The van der Waals surface area contributed by atoms with Crippen LogP contribution in [0.2, 0.25) is 0 Å². The molecule has 7 heteroatoms. The van der Waals surface area contributed by atoms with Gasteiger partial charge in [0.2, 0.25) is 5.91 Å². The molecule has 0 spiro atoms. The van der Waals surface area contributed by atoms with Gasteiger partial charge >= 0.3 is 6.03 Å². The second-order valence-corrected chi connectivity index (χ2v) is 9.67. The first-order valence-corrected chi connectivity index (χ1v) is 11.8. The molecule has 1 aliphatic heterocycles. The Bertz CT molecular complexity index is 1040. The monoisotopic (exact) mass is 465 g/mol. The number of benzene rings is 2. The summed E-state index contributed by atoms with van der Waals surface area (Å²) in [6.45, 7) is 9.66. The van der Waals surface area contributed by atoms with E-state index in [-0.39, 0.29) is 24.3 Å². The van der Waals surface area contributed by atoms with E-state index in [2.05, 4.69) is 38.3 Å². The van der Waals surface area contributed by atoms with E-state index in [1.165, 1.54) is 0 Å². The van der Waals surface area contributed by atoms with E-state index in [1.54, 1.807) is 14.0 Å². The number of methoxy groups -OCH3 is 1. The Balaban J connectivity index is 1.70. The fraction of sp³-hybridized carbons (Fsp3) is 0.444. The highest BCUT2D eigenvalue weighted by atomic mass is 16.5. The molecule has 2 aromatic carbocycles. The van der Waals surface area contributed by atoms with Crippen LogP contribution < -0.4 is 15.4 Å². The van der Waals surface area contributed by atoms with Crippen molar-refractivity contribution < 1.29 is 19.1 Å². The first-order chi connectivity index (χ1) is 16.1. The van der Waals surface area contributed by atoms with E-state index in [9.17, 15) is 14.4 Å². The number of urea groups is 1. The Hall–Kier alpha value is -3.35. The number of ether oxygens (including phenoxy) is 1. The van der Waals surface area contributed by atoms with Gasteiger partial charge in [-0.1, -0.05) is 58.0 Å². The zero-order valence-electron chi connectivity index (χ0n) is 20.9. The highest BCUT2D eigenvalue weighted by molar-refractivity contribution is 6.10. The lowest BCUT2D eigenvalue weighted by Crippen LogP contribution is -2.45. The summed E-state index contributed by atoms with van der Waals surface area (Å²) in [5.74, 6) is 0.413. The first-order valence-electron chi connectivity index (χ1n) is 11.8. The molecular weight excluding hydrogens is 430 g/mol. The molecule has 0 saturated carbocycles. The van der Waals surface area contributed by atoms with Gasteiger partial charge in [-0.2, -0.15) is 0 Å². The van der Waals surface area contributed by atoms with Crippen molar-refractivity contribution >= 4 is 23.5 Å². The van der Waals surface area contributed by atoms with Gasteiger partial charge in [0.05, 0.1) is 7.11 Å². The Kier molecular flexibility index (Phi) is 7.64. The van der Waals surface area contributed by atoms with E-state index < -0.39 is 17.5 Å². The lowest BCUT2D eigenvalue weighted by molar-refractivity contribution is -0.133. The number of carbonyl (C=O) groups excluding carboxylic acids is 3. The fourth-order valence-electron chi connectivity index (χ4n) is 4.26. The molecule has 1 atom stereocenters. The summed E-state index contributed by atoms with van der Waals surface area (Å²) >= 11 is 0. The second-order valence-electron chi connectivity index (χ2n) is 9.67. The molecule has 1 aliphatic rings. The number of anilines is 1. The average molecular weight is 466 g/mol. The molecule has 34 heavy (non-hydrogen) atoms. The minimum Gasteiger partial charge on any atom is -0.497 e. The first kappa shape index (κ1) is 25.3. The Morgan fingerprint density at radius 2 is 1.62 bits per heavy atom. The van der Waals surface area contributed by atoms with Crippen LogP contribution in [0.15, 0.2) is 42.5 Å². The molecule has 2 N–H and O–H groups in total. The molecule has 3 rings (SSSR count). The number of aryl methyl sites for hydroxylation is 1. The van der Waals surface area contributed by atoms with Crippen LogP contribution in [0, 0.1) is 0 Å². The third kappa shape index (κ3) is 5.41. The van der Waals surface area contributed by atoms with Crippen molar-refractivity contribution in [2.24, 2.45) is 0 Å². The number of nitrogens with zero attached hydrogens (tertiary/aromatic N) is 1. The maximum absolute atomic E-state index is 13.1. The summed E-state index contributed by atoms with van der Waals surface area (Å²) in [5, 5.41) is 5.77. The number of rotatable bonds is 9. The Morgan fingerprint density at radius 1 is 1.03 bits per heavy atom. The molecule has 2 aromatic rings. The van der Waals surface area contributed by atoms with Crippen molar-refractivity contribution in [3.63, 3.8) is 0 Å². The van der Waals surface area contributed by atoms with Gasteiger partial charge in [-0.15, -0.1) is 0 Å². The molecule has 1 unspecified atom stereocenters. The van der Waals surface area contributed by atoms with Crippen molar-refractivity contribution in [1.29, 1.82) is 0 Å². The van der Waals surface area contributed by atoms with Crippen LogP contribution in [0.25, 0.3) is 0 Å². The van der Waals surface area contributed by atoms with Crippen molar-refractivity contribution in [3.8, 4) is 5.75 Å². The lowest BCUT2D eigenvalue weighted by Gasteiger charge is -2.22. The molecule has 0 bridgehead atoms. The standard InChI is InChI=1S/C27H35N3O4/c1-17(2)21-8-7-9-22(18(3)4)24(21)28-23(31)16-30-25(32)27(5,29-26(30)33)15-14-19-10-12-20(34-6)13-11-19/h7-13,17-18H,14-16H2,1-6H3,(H,28,31)(H,29,33). The summed E-state index contributed by atoms with van der Waals surface area (Å²) in [6, 6.07) is 13.0. The summed E-state index contributed by atoms with van der Waals surface area (Å²) < 4.78 is 5.18. The van der Waals surface area contributed by atoms with Gasteiger partial charge in [0, 0.05) is 5.69 Å². The zero-order chi connectivity index (χ0) is 25.0. The number of imide groups is 1. The van der Waals surface area contributed by atoms with Crippen LogP contribution in [-0.2, 0) is 16.0 Å². The molecule has 0 radical (unpaired) electrons. The number of nitrogens with one attached hydrogen (secondary N) is 2. The van der Waals surface area contributed by atoms with Crippen molar-refractivity contribution in [2.45, 2.75) is 64.8 Å². The SMILES string of the molecule is COc1ccc(CCC2(C)NC(=O)N(CC(=O)Nc3c(C(C)C)cccc3C(C)C)C2=O)cc1. The zero-order valence-corrected chi connectivity index (χ0v) is 20.9. The van der Waals surface area contributed by atoms with E-state index >= 15 is 0 Å². The predicted molar refractivity (Wildman–Crippen MR) is 133 cm³/mol. The molecule has 7 nitrogen and oxygen atoms in total. The van der Waals surface area contributed by atoms with Gasteiger partial charge in [-0.25, -0.2) is 4.79 Å². The van der Waals surface area contributed by atoms with Gasteiger partial charge in [0.15, 0.2) is 0 Å². The Labute approximate surface area is 201 Å². The minimum absolute atomic E-state index is 0.215. The van der Waals surface area contributed by atoms with Crippen molar-refractivity contribution in [1.82, 2.24) is 10.2 Å². The topological polar surface area (TPSA) is 87.7 Å². The molecule has 1 heterocycles. The number of carbonyl (C=O) groups is 3. The van der Waals surface area contributed by atoms with E-state index in [1.807, 2.05) is 42.5 Å². The molecule has 1 fully saturated rings. The average Bonchev–Trinajstić information content (AvgIpc) is 3.01. The molecule has 4 amide bonds. The third-order valence-electron chi connectivity index (χ3n) is 6.36. The van der Waals surface area contributed by atoms with E-state index in [0.717, 1.165) is 33.0 Å². The molecule has 0 aromatic heterocycles. The molecular formula is C27H35N3O4. The largest absolute Gasteiger partial charge is 0.497 e. The van der Waals surface area contributed by atoms with Gasteiger partial charge in [0.1, 0.15) is 17.8 Å². The maximum Gasteiger partial charge on any atom is 0.325 e. The van der Waals surface area contributed by atoms with Crippen LogP contribution in [0.1, 0.15) is 69.6 Å². The lowest BCUT2D eigenvalue weighted by atomic mass is 9.92. The van der Waals surface area contributed by atoms with Crippen molar-refractivity contribution in [2.75, 3.05) is 19.0 Å². The van der Waals surface area contributed by atoms with Crippen LogP contribution in [0.5, 0.6) is 5.75 Å². The smallest absolute Gasteiger partial charge is 0.325 e. The highest BCUT2D eigenvalue weighted by Crippen LogP contribution is 2.32. The fourth-order valence-corrected chi connectivity index (χ4v) is 4.26. The summed E-state index contributed by atoms with van der Waals surface area (Å²) in [6.07, 6.45) is 1.03. The summed E-state index contributed by atoms with van der Waals surface area (Å²) in [5.41, 5.74) is 2.80. The van der Waals surface area contributed by atoms with Gasteiger partial charge in [0.25, 0.3) is 5.91 Å². The quantitative estimate of drug-likeness (QED) is 0.520. The van der Waals surface area contributed by atoms with Gasteiger partial charge < -0.3 is 15.4 Å². The minimum atomic E-state index is -1.06. The van der Waals surface area contributed by atoms with Crippen molar-refractivity contribution in [3.05, 3.63) is 59.2 Å². The Morgan fingerprint density at radius 3 is 2.15 bits per heavy atom. The molecule has 1 saturated heterocycles. The summed E-state index contributed by atoms with van der Waals surface area (Å²) in [4.78, 5) is 39.7. The van der Waals surface area contributed by atoms with Gasteiger partial charge in [-0.05, 0) is 60.4 Å². The van der Waals surface area contributed by atoms with Crippen LogP contribution in [0.4, 0.5) is 10.5 Å². The normalized spacial score (nSPS) is 17.9. The van der Waals surface area contributed by atoms with Gasteiger partial charge in [-0.3, -0.25) is 14.5 Å². The molecule has 182 valence electrons. The van der Waals surface area contributed by atoms with Crippen LogP contribution in [0.3, 0.4) is 0 Å². The third-order valence-corrected chi connectivity index (χ3v) is 6.36. The van der Waals surface area contributed by atoms with E-state index in [4.69, 9.17) is 4.74 Å².